The second-order valence-electron chi connectivity index (χ2n) is 31.2. The van der Waals surface area contributed by atoms with Crippen LogP contribution in [-0.4, -0.2) is 49.3 Å². The molecule has 0 saturated heterocycles. The van der Waals surface area contributed by atoms with E-state index >= 15 is 0 Å². The predicted molar refractivity (Wildman–Crippen MR) is 437 cm³/mol. The monoisotopic (exact) mass is 1430 g/mol. The number of carbonyl (C=O) groups excluding carboxylic acids is 2. The number of rotatable bonds is 88. The molecule has 10 heteroatoms. The molecule has 594 valence electrons. The zero-order valence-corrected chi connectivity index (χ0v) is 68.4. The third-order valence-corrected chi connectivity index (χ3v) is 22.1. The Bertz CT molecular complexity index is 1690. The molecule has 0 aromatic carbocycles. The van der Waals surface area contributed by atoms with Gasteiger partial charge in [-0.3, -0.25) is 18.6 Å². The molecule has 0 heterocycles. The Morgan fingerprint density at radius 1 is 0.300 bits per heavy atom. The maximum atomic E-state index is 12.8. The van der Waals surface area contributed by atoms with Crippen LogP contribution in [0.15, 0.2) is 24.3 Å². The zero-order chi connectivity index (χ0) is 72.2. The number of hydrogen-bond acceptors (Lipinski definition) is 8. The summed E-state index contributed by atoms with van der Waals surface area (Å²) >= 11 is 0. The van der Waals surface area contributed by atoms with Crippen LogP contribution < -0.4 is 5.73 Å². The summed E-state index contributed by atoms with van der Waals surface area (Å²) in [4.78, 5) is 35.5. The van der Waals surface area contributed by atoms with Gasteiger partial charge in [-0.15, -0.1) is 0 Å². The van der Waals surface area contributed by atoms with E-state index in [1.54, 1.807) is 0 Å². The lowest BCUT2D eigenvalue weighted by Crippen LogP contribution is -2.29. The lowest BCUT2D eigenvalue weighted by Gasteiger charge is -2.19. The first-order valence-corrected chi connectivity index (χ1v) is 46.8. The molecule has 0 bridgehead atoms. The van der Waals surface area contributed by atoms with Gasteiger partial charge < -0.3 is 20.1 Å². The van der Waals surface area contributed by atoms with Gasteiger partial charge in [-0.05, 0) is 44.9 Å². The Morgan fingerprint density at radius 3 is 0.760 bits per heavy atom. The van der Waals surface area contributed by atoms with Crippen LogP contribution in [0.1, 0.15) is 508 Å². The molecule has 0 saturated carbocycles. The van der Waals surface area contributed by atoms with Crippen molar-refractivity contribution in [3.05, 3.63) is 24.3 Å². The van der Waals surface area contributed by atoms with Crippen LogP contribution in [0.5, 0.6) is 0 Å². The Labute approximate surface area is 624 Å². The van der Waals surface area contributed by atoms with Crippen molar-refractivity contribution in [1.29, 1.82) is 0 Å². The highest BCUT2D eigenvalue weighted by atomic mass is 31.2. The lowest BCUT2D eigenvalue weighted by atomic mass is 10.0. The summed E-state index contributed by atoms with van der Waals surface area (Å²) in [5, 5.41) is 0. The molecule has 9 nitrogen and oxygen atoms in total. The molecule has 0 radical (unpaired) electrons. The minimum Gasteiger partial charge on any atom is -0.462 e. The molecule has 0 fully saturated rings. The molecule has 100 heavy (non-hydrogen) atoms. The molecule has 0 aromatic heterocycles. The van der Waals surface area contributed by atoms with Crippen molar-refractivity contribution in [2.24, 2.45) is 5.73 Å². The molecular weight excluding hydrogens is 1250 g/mol. The SMILES string of the molecule is CCCCCCC/C=C\C/C=C\CCCCCCCCCCCCCCCCCCCCCCCCCCCCCC(=O)OC(COC(=O)CCCCCCCCCCCCCCCCCCCCCCCCCCCCCCCCCCCCCCCCCC)COP(=O)(O)OCCN. The number of hydrogen-bond donors (Lipinski definition) is 2. The van der Waals surface area contributed by atoms with Crippen molar-refractivity contribution in [3.63, 3.8) is 0 Å². The quantitative estimate of drug-likeness (QED) is 0.0264. The number of phosphoric acid groups is 1. The molecule has 0 aliphatic carbocycles. The molecule has 2 atom stereocenters. The van der Waals surface area contributed by atoms with Gasteiger partial charge >= 0.3 is 19.8 Å². The standard InChI is InChI=1S/C90H176NO8P/c1-3-5-7-9-11-13-15-17-19-21-23-25-27-29-31-33-35-37-39-41-43-45-46-48-50-52-54-56-58-60-62-64-66-68-70-72-74-76-78-80-82-89(92)96-86-88(87-98-100(94,95)97-85-84-91)99-90(93)83-81-79-77-75-73-71-69-67-65-63-61-59-57-55-53-51-49-47-44-42-40-38-36-34-32-30-28-26-24-22-20-18-16-14-12-10-8-6-4-2/h16,18,22,24,88H,3-15,17,19-21,23,25-87,91H2,1-2H3,(H,94,95)/b18-16-,24-22-. The minimum atomic E-state index is -4.39. The van der Waals surface area contributed by atoms with E-state index in [4.69, 9.17) is 24.3 Å². The van der Waals surface area contributed by atoms with Gasteiger partial charge in [0.05, 0.1) is 13.2 Å². The van der Waals surface area contributed by atoms with E-state index in [1.807, 2.05) is 0 Å². The minimum absolute atomic E-state index is 0.0579. The smallest absolute Gasteiger partial charge is 0.462 e. The van der Waals surface area contributed by atoms with Crippen LogP contribution in [0.3, 0.4) is 0 Å². The topological polar surface area (TPSA) is 134 Å². The molecule has 0 spiro atoms. The predicted octanol–water partition coefficient (Wildman–Crippen LogP) is 30.7. The summed E-state index contributed by atoms with van der Waals surface area (Å²) < 4.78 is 33.4. The second kappa shape index (κ2) is 86.4. The van der Waals surface area contributed by atoms with E-state index in [1.165, 1.54) is 437 Å². The van der Waals surface area contributed by atoms with Crippen molar-refractivity contribution >= 4 is 19.8 Å². The first-order chi connectivity index (χ1) is 49.3. The first-order valence-electron chi connectivity index (χ1n) is 45.3. The average molecular weight is 1430 g/mol. The molecule has 0 amide bonds. The number of phosphoric ester groups is 1. The van der Waals surface area contributed by atoms with Crippen molar-refractivity contribution in [3.8, 4) is 0 Å². The largest absolute Gasteiger partial charge is 0.472 e. The fourth-order valence-corrected chi connectivity index (χ4v) is 15.2. The van der Waals surface area contributed by atoms with Crippen molar-refractivity contribution < 1.29 is 37.6 Å². The fraction of sp³-hybridized carbons (Fsp3) is 0.933. The Balaban J connectivity index is 3.67. The first kappa shape index (κ1) is 98.5. The summed E-state index contributed by atoms with van der Waals surface area (Å²) in [5.41, 5.74) is 5.43. The number of unbranched alkanes of at least 4 members (excludes halogenated alkanes) is 71. The van der Waals surface area contributed by atoms with E-state index in [0.29, 0.717) is 6.42 Å². The molecule has 0 aromatic rings. The van der Waals surface area contributed by atoms with Gasteiger partial charge in [-0.25, -0.2) is 4.57 Å². The van der Waals surface area contributed by atoms with E-state index in [0.717, 1.165) is 38.5 Å². The third-order valence-electron chi connectivity index (χ3n) is 21.1. The molecular formula is C90H176NO8P. The molecule has 0 aliphatic heterocycles. The second-order valence-corrected chi connectivity index (χ2v) is 32.6. The Morgan fingerprint density at radius 2 is 0.520 bits per heavy atom. The normalized spacial score (nSPS) is 12.8. The van der Waals surface area contributed by atoms with E-state index in [9.17, 15) is 19.0 Å². The number of ether oxygens (including phenoxy) is 2. The summed E-state index contributed by atoms with van der Waals surface area (Å²) in [6, 6.07) is 0. The van der Waals surface area contributed by atoms with Gasteiger partial charge in [0.1, 0.15) is 6.61 Å². The maximum Gasteiger partial charge on any atom is 0.472 e. The summed E-state index contributed by atoms with van der Waals surface area (Å²) in [6.07, 6.45) is 111. The van der Waals surface area contributed by atoms with Crippen LogP contribution >= 0.6 is 7.82 Å². The van der Waals surface area contributed by atoms with Crippen LogP contribution in [0.2, 0.25) is 0 Å². The highest BCUT2D eigenvalue weighted by molar-refractivity contribution is 7.47. The Kier molecular flexibility index (Phi) is 85.1. The van der Waals surface area contributed by atoms with E-state index < -0.39 is 26.5 Å². The van der Waals surface area contributed by atoms with Gasteiger partial charge in [0.2, 0.25) is 0 Å². The molecule has 2 unspecified atom stereocenters. The summed E-state index contributed by atoms with van der Waals surface area (Å²) in [5.74, 6) is -0.795. The summed E-state index contributed by atoms with van der Waals surface area (Å²) in [7, 11) is -4.39. The van der Waals surface area contributed by atoms with E-state index in [-0.39, 0.29) is 38.6 Å². The van der Waals surface area contributed by atoms with Gasteiger partial charge in [-0.1, -0.05) is 475 Å². The van der Waals surface area contributed by atoms with Gasteiger partial charge in [0.25, 0.3) is 0 Å². The number of allylic oxidation sites excluding steroid dienone is 4. The van der Waals surface area contributed by atoms with E-state index in [2.05, 4.69) is 38.2 Å². The third kappa shape index (κ3) is 85.4. The number of nitrogens with two attached hydrogens (primary N) is 1. The van der Waals surface area contributed by atoms with Crippen molar-refractivity contribution in [2.45, 2.75) is 514 Å². The van der Waals surface area contributed by atoms with Gasteiger partial charge in [0.15, 0.2) is 6.10 Å². The van der Waals surface area contributed by atoms with Gasteiger partial charge in [0, 0.05) is 19.4 Å². The Hall–Kier alpha value is -1.51. The summed E-state index contributed by atoms with van der Waals surface area (Å²) in [6.45, 7) is 3.84. The van der Waals surface area contributed by atoms with Crippen LogP contribution in [0.25, 0.3) is 0 Å². The molecule has 3 N–H and O–H groups in total. The van der Waals surface area contributed by atoms with Gasteiger partial charge in [-0.2, -0.15) is 0 Å². The highest BCUT2D eigenvalue weighted by Gasteiger charge is 2.26. The average Bonchev–Trinajstić information content (AvgIpc) is 1.01. The van der Waals surface area contributed by atoms with Crippen LogP contribution in [0.4, 0.5) is 0 Å². The number of esters is 2. The molecule has 0 rings (SSSR count). The van der Waals surface area contributed by atoms with Crippen LogP contribution in [-0.2, 0) is 32.7 Å². The highest BCUT2D eigenvalue weighted by Crippen LogP contribution is 2.43. The maximum absolute atomic E-state index is 12.8. The lowest BCUT2D eigenvalue weighted by molar-refractivity contribution is -0.161. The molecule has 0 aliphatic rings. The van der Waals surface area contributed by atoms with Crippen LogP contribution in [0, 0.1) is 0 Å². The zero-order valence-electron chi connectivity index (χ0n) is 67.5. The fourth-order valence-electron chi connectivity index (χ4n) is 14.4. The number of carbonyl (C=O) groups is 2. The van der Waals surface area contributed by atoms with Crippen molar-refractivity contribution in [1.82, 2.24) is 0 Å². The van der Waals surface area contributed by atoms with Crippen molar-refractivity contribution in [2.75, 3.05) is 26.4 Å².